The molecule has 0 bridgehead atoms. The average molecular weight is 238 g/mol. The second-order valence-electron chi connectivity index (χ2n) is 4.40. The summed E-state index contributed by atoms with van der Waals surface area (Å²) >= 11 is 1.52. The summed E-state index contributed by atoms with van der Waals surface area (Å²) in [6.45, 7) is 6.13. The van der Waals surface area contributed by atoms with E-state index in [1.54, 1.807) is 0 Å². The summed E-state index contributed by atoms with van der Waals surface area (Å²) in [5, 5.41) is 1.01. The van der Waals surface area contributed by atoms with Crippen molar-refractivity contribution in [3.05, 3.63) is 10.6 Å². The zero-order chi connectivity index (χ0) is 11.5. The Balaban J connectivity index is 2.08. The van der Waals surface area contributed by atoms with Crippen LogP contribution >= 0.6 is 11.3 Å². The van der Waals surface area contributed by atoms with Crippen LogP contribution in [0.5, 0.6) is 0 Å². The molecule has 1 saturated carbocycles. The third-order valence-corrected chi connectivity index (χ3v) is 4.43. The number of thiazole rings is 1. The van der Waals surface area contributed by atoms with Crippen LogP contribution in [-0.4, -0.2) is 24.4 Å². The molecule has 0 saturated heterocycles. The van der Waals surface area contributed by atoms with E-state index in [1.807, 2.05) is 6.92 Å². The summed E-state index contributed by atoms with van der Waals surface area (Å²) in [7, 11) is 0. The number of aldehydes is 1. The normalized spacial score (nSPS) is 15.9. The van der Waals surface area contributed by atoms with Gasteiger partial charge in [0.25, 0.3) is 0 Å². The number of hydrogen-bond acceptors (Lipinski definition) is 4. The zero-order valence-electron chi connectivity index (χ0n) is 9.90. The van der Waals surface area contributed by atoms with Gasteiger partial charge in [0.2, 0.25) is 0 Å². The van der Waals surface area contributed by atoms with Gasteiger partial charge in [0.05, 0.1) is 10.6 Å². The SMILES string of the molecule is CCN(CC1CCC1)c1nc(C)c(C=O)s1. The molecule has 0 aromatic carbocycles. The van der Waals surface area contributed by atoms with Crippen molar-refractivity contribution in [1.82, 2.24) is 4.98 Å². The van der Waals surface area contributed by atoms with Crippen molar-refractivity contribution >= 4 is 22.8 Å². The predicted octanol–water partition coefficient (Wildman–Crippen LogP) is 2.89. The molecular weight excluding hydrogens is 220 g/mol. The lowest BCUT2D eigenvalue weighted by atomic mass is 9.85. The first-order valence-corrected chi connectivity index (χ1v) is 6.73. The number of aromatic nitrogens is 1. The Hall–Kier alpha value is -0.900. The van der Waals surface area contributed by atoms with Crippen molar-refractivity contribution in [3.63, 3.8) is 0 Å². The van der Waals surface area contributed by atoms with Gasteiger partial charge < -0.3 is 4.90 Å². The van der Waals surface area contributed by atoms with Crippen molar-refractivity contribution in [1.29, 1.82) is 0 Å². The molecule has 0 aliphatic heterocycles. The van der Waals surface area contributed by atoms with E-state index in [2.05, 4.69) is 16.8 Å². The van der Waals surface area contributed by atoms with Crippen LogP contribution in [0.25, 0.3) is 0 Å². The molecule has 1 fully saturated rings. The number of aryl methyl sites for hydroxylation is 1. The topological polar surface area (TPSA) is 33.2 Å². The largest absolute Gasteiger partial charge is 0.348 e. The molecule has 3 nitrogen and oxygen atoms in total. The van der Waals surface area contributed by atoms with Crippen LogP contribution in [0.2, 0.25) is 0 Å². The first-order chi connectivity index (χ1) is 7.74. The van der Waals surface area contributed by atoms with Crippen molar-refractivity contribution in [2.75, 3.05) is 18.0 Å². The van der Waals surface area contributed by atoms with E-state index < -0.39 is 0 Å². The van der Waals surface area contributed by atoms with E-state index in [-0.39, 0.29) is 0 Å². The molecule has 0 unspecified atom stereocenters. The molecule has 16 heavy (non-hydrogen) atoms. The van der Waals surface area contributed by atoms with Crippen molar-refractivity contribution in [2.45, 2.75) is 33.1 Å². The Labute approximate surface area is 100 Å². The van der Waals surface area contributed by atoms with Crippen LogP contribution in [0, 0.1) is 12.8 Å². The molecule has 0 radical (unpaired) electrons. The fourth-order valence-corrected chi connectivity index (χ4v) is 2.92. The summed E-state index contributed by atoms with van der Waals surface area (Å²) in [6.07, 6.45) is 4.98. The lowest BCUT2D eigenvalue weighted by Gasteiger charge is -2.31. The maximum atomic E-state index is 10.8. The summed E-state index contributed by atoms with van der Waals surface area (Å²) < 4.78 is 0. The number of anilines is 1. The first kappa shape index (κ1) is 11.6. The number of hydrogen-bond donors (Lipinski definition) is 0. The predicted molar refractivity (Wildman–Crippen MR) is 67.5 cm³/mol. The molecule has 1 heterocycles. The Morgan fingerprint density at radius 2 is 2.31 bits per heavy atom. The van der Waals surface area contributed by atoms with Gasteiger partial charge in [0, 0.05) is 13.1 Å². The molecular formula is C12H18N2OS. The molecule has 0 atom stereocenters. The summed E-state index contributed by atoms with van der Waals surface area (Å²) in [5.41, 5.74) is 0.863. The lowest BCUT2D eigenvalue weighted by molar-refractivity contribution is 0.112. The highest BCUT2D eigenvalue weighted by molar-refractivity contribution is 7.17. The fourth-order valence-electron chi connectivity index (χ4n) is 1.97. The van der Waals surface area contributed by atoms with Gasteiger partial charge in [0.15, 0.2) is 11.4 Å². The Morgan fingerprint density at radius 1 is 1.56 bits per heavy atom. The van der Waals surface area contributed by atoms with Gasteiger partial charge in [-0.15, -0.1) is 0 Å². The van der Waals surface area contributed by atoms with E-state index in [0.717, 1.165) is 41.0 Å². The minimum atomic E-state index is 0.766. The molecule has 1 aliphatic rings. The van der Waals surface area contributed by atoms with Crippen molar-refractivity contribution in [2.24, 2.45) is 5.92 Å². The first-order valence-electron chi connectivity index (χ1n) is 5.92. The maximum Gasteiger partial charge on any atom is 0.186 e. The van der Waals surface area contributed by atoms with E-state index >= 15 is 0 Å². The van der Waals surface area contributed by atoms with Crippen LogP contribution < -0.4 is 4.90 Å². The van der Waals surface area contributed by atoms with Crippen LogP contribution in [0.1, 0.15) is 41.6 Å². The molecule has 88 valence electrons. The van der Waals surface area contributed by atoms with Crippen LogP contribution in [0.4, 0.5) is 5.13 Å². The van der Waals surface area contributed by atoms with Crippen molar-refractivity contribution < 1.29 is 4.79 Å². The quantitative estimate of drug-likeness (QED) is 0.739. The minimum Gasteiger partial charge on any atom is -0.348 e. The van der Waals surface area contributed by atoms with Gasteiger partial charge in [-0.25, -0.2) is 4.98 Å². The third kappa shape index (κ3) is 2.26. The maximum absolute atomic E-state index is 10.8. The molecule has 4 heteroatoms. The van der Waals surface area contributed by atoms with Crippen LogP contribution in [-0.2, 0) is 0 Å². The molecule has 0 amide bonds. The zero-order valence-corrected chi connectivity index (χ0v) is 10.7. The molecule has 0 N–H and O–H groups in total. The van der Waals surface area contributed by atoms with Gasteiger partial charge in [-0.2, -0.15) is 0 Å². The van der Waals surface area contributed by atoms with Crippen LogP contribution in [0.3, 0.4) is 0 Å². The lowest BCUT2D eigenvalue weighted by Crippen LogP contribution is -2.32. The molecule has 1 aliphatic carbocycles. The van der Waals surface area contributed by atoms with Gasteiger partial charge >= 0.3 is 0 Å². The number of nitrogens with zero attached hydrogens (tertiary/aromatic N) is 2. The summed E-state index contributed by atoms with van der Waals surface area (Å²) in [6, 6.07) is 0. The van der Waals surface area contributed by atoms with E-state index in [9.17, 15) is 4.79 Å². The Morgan fingerprint density at radius 3 is 2.75 bits per heavy atom. The minimum absolute atomic E-state index is 0.766. The second-order valence-corrected chi connectivity index (χ2v) is 5.41. The van der Waals surface area contributed by atoms with E-state index in [0.29, 0.717) is 0 Å². The molecule has 0 spiro atoms. The van der Waals surface area contributed by atoms with Gasteiger partial charge in [0.1, 0.15) is 0 Å². The highest BCUT2D eigenvalue weighted by Crippen LogP contribution is 2.31. The van der Waals surface area contributed by atoms with Gasteiger partial charge in [-0.3, -0.25) is 4.79 Å². The Kier molecular flexibility index (Phi) is 3.59. The monoisotopic (exact) mass is 238 g/mol. The van der Waals surface area contributed by atoms with Crippen LogP contribution in [0.15, 0.2) is 0 Å². The highest BCUT2D eigenvalue weighted by Gasteiger charge is 2.22. The number of carbonyl (C=O) groups is 1. The smallest absolute Gasteiger partial charge is 0.186 e. The van der Waals surface area contributed by atoms with Crippen molar-refractivity contribution in [3.8, 4) is 0 Å². The third-order valence-electron chi connectivity index (χ3n) is 3.28. The number of carbonyl (C=O) groups excluding carboxylic acids is 1. The van der Waals surface area contributed by atoms with E-state index in [4.69, 9.17) is 0 Å². The van der Waals surface area contributed by atoms with Gasteiger partial charge in [-0.05, 0) is 32.6 Å². The summed E-state index contributed by atoms with van der Waals surface area (Å²) in [4.78, 5) is 18.3. The summed E-state index contributed by atoms with van der Waals surface area (Å²) in [5.74, 6) is 0.837. The fraction of sp³-hybridized carbons (Fsp3) is 0.667. The molecule has 1 aromatic heterocycles. The standard InChI is InChI=1S/C12H18N2OS/c1-3-14(7-10-5-4-6-10)12-13-9(2)11(8-15)16-12/h8,10H,3-7H2,1-2H3. The molecule has 2 rings (SSSR count). The molecule has 1 aromatic rings. The highest BCUT2D eigenvalue weighted by atomic mass is 32.1. The number of rotatable bonds is 5. The Bertz CT molecular complexity index is 371. The second kappa shape index (κ2) is 4.95. The van der Waals surface area contributed by atoms with Gasteiger partial charge in [-0.1, -0.05) is 17.8 Å². The average Bonchev–Trinajstić information content (AvgIpc) is 2.58. The van der Waals surface area contributed by atoms with E-state index in [1.165, 1.54) is 30.6 Å².